The van der Waals surface area contributed by atoms with Crippen LogP contribution < -0.4 is 19.5 Å². The predicted molar refractivity (Wildman–Crippen MR) is 105 cm³/mol. The molecule has 0 aliphatic heterocycles. The van der Waals surface area contributed by atoms with Crippen molar-refractivity contribution in [3.63, 3.8) is 0 Å². The van der Waals surface area contributed by atoms with Crippen LogP contribution in [0.2, 0.25) is 0 Å². The van der Waals surface area contributed by atoms with Crippen molar-refractivity contribution in [2.45, 2.75) is 19.6 Å². The Balaban J connectivity index is 1.60. The van der Waals surface area contributed by atoms with Crippen LogP contribution in [-0.4, -0.2) is 26.2 Å². The summed E-state index contributed by atoms with van der Waals surface area (Å²) in [6.45, 7) is 2.11. The molecule has 140 valence electrons. The number of nitrogens with one attached hydrogen (secondary N) is 1. The molecular weight excluding hydrogens is 342 g/mol. The normalized spacial score (nSPS) is 11.7. The van der Waals surface area contributed by atoms with Gasteiger partial charge < -0.3 is 19.5 Å². The Hall–Kier alpha value is -3.21. The van der Waals surface area contributed by atoms with E-state index >= 15 is 0 Å². The van der Waals surface area contributed by atoms with Gasteiger partial charge in [-0.1, -0.05) is 36.4 Å². The van der Waals surface area contributed by atoms with Crippen LogP contribution in [0, 0.1) is 0 Å². The fourth-order valence-corrected chi connectivity index (χ4v) is 2.82. The van der Waals surface area contributed by atoms with Gasteiger partial charge in [0.15, 0.2) is 17.6 Å². The van der Waals surface area contributed by atoms with Crippen molar-refractivity contribution in [1.29, 1.82) is 0 Å². The number of methoxy groups -OCH3 is 2. The van der Waals surface area contributed by atoms with Crippen LogP contribution in [0.15, 0.2) is 60.7 Å². The topological polar surface area (TPSA) is 56.8 Å². The Labute approximate surface area is 158 Å². The minimum absolute atomic E-state index is 0.182. The number of amides is 1. The number of fused-ring (bicyclic) bond motifs is 1. The molecule has 0 aliphatic carbocycles. The molecule has 1 amide bonds. The molecule has 0 radical (unpaired) electrons. The summed E-state index contributed by atoms with van der Waals surface area (Å²) in [7, 11) is 3.17. The summed E-state index contributed by atoms with van der Waals surface area (Å²) in [5, 5.41) is 5.10. The van der Waals surface area contributed by atoms with E-state index in [1.54, 1.807) is 21.1 Å². The maximum atomic E-state index is 12.4. The molecule has 5 nitrogen and oxygen atoms in total. The van der Waals surface area contributed by atoms with Gasteiger partial charge in [0.1, 0.15) is 5.75 Å². The Kier molecular flexibility index (Phi) is 5.81. The first-order chi connectivity index (χ1) is 13.1. The van der Waals surface area contributed by atoms with Gasteiger partial charge in [-0.2, -0.15) is 0 Å². The number of ether oxygens (including phenoxy) is 3. The lowest BCUT2D eigenvalue weighted by atomic mass is 10.1. The number of hydrogen-bond donors (Lipinski definition) is 1. The van der Waals surface area contributed by atoms with Gasteiger partial charge in [0.25, 0.3) is 5.91 Å². The molecule has 0 spiro atoms. The minimum atomic E-state index is -0.605. The molecule has 5 heteroatoms. The largest absolute Gasteiger partial charge is 0.493 e. The molecule has 0 fully saturated rings. The second-order valence-electron chi connectivity index (χ2n) is 6.18. The van der Waals surface area contributed by atoms with E-state index < -0.39 is 6.10 Å². The highest BCUT2D eigenvalue weighted by Gasteiger charge is 2.15. The van der Waals surface area contributed by atoms with E-state index in [0.717, 1.165) is 16.3 Å². The van der Waals surface area contributed by atoms with Crippen LogP contribution >= 0.6 is 0 Å². The van der Waals surface area contributed by atoms with Crippen molar-refractivity contribution in [1.82, 2.24) is 5.32 Å². The Morgan fingerprint density at radius 1 is 0.926 bits per heavy atom. The zero-order valence-corrected chi connectivity index (χ0v) is 15.7. The fourth-order valence-electron chi connectivity index (χ4n) is 2.82. The van der Waals surface area contributed by atoms with Crippen LogP contribution in [-0.2, 0) is 11.3 Å². The van der Waals surface area contributed by atoms with E-state index in [1.165, 1.54) is 0 Å². The lowest BCUT2D eigenvalue weighted by Gasteiger charge is -2.16. The number of carbonyl (C=O) groups excluding carboxylic acids is 1. The van der Waals surface area contributed by atoms with Gasteiger partial charge in [0, 0.05) is 6.54 Å². The quantitative estimate of drug-likeness (QED) is 0.689. The van der Waals surface area contributed by atoms with Gasteiger partial charge in [0.2, 0.25) is 0 Å². The summed E-state index contributed by atoms with van der Waals surface area (Å²) >= 11 is 0. The Bertz CT molecular complexity index is 938. The van der Waals surface area contributed by atoms with Crippen molar-refractivity contribution in [3.8, 4) is 17.2 Å². The molecule has 0 aliphatic rings. The number of benzene rings is 3. The van der Waals surface area contributed by atoms with E-state index in [9.17, 15) is 4.79 Å². The summed E-state index contributed by atoms with van der Waals surface area (Å²) in [5.41, 5.74) is 0.916. The molecule has 1 atom stereocenters. The van der Waals surface area contributed by atoms with Crippen molar-refractivity contribution in [3.05, 3.63) is 66.2 Å². The standard InChI is InChI=1S/C22H23NO4/c1-15(27-19-10-9-17-6-4-5-7-18(17)13-19)22(24)23-14-16-8-11-20(25-2)21(12-16)26-3/h4-13,15H,14H2,1-3H3,(H,23,24). The average Bonchev–Trinajstić information content (AvgIpc) is 2.71. The maximum absolute atomic E-state index is 12.4. The summed E-state index contributed by atoms with van der Waals surface area (Å²) < 4.78 is 16.3. The molecule has 1 N–H and O–H groups in total. The molecule has 27 heavy (non-hydrogen) atoms. The highest BCUT2D eigenvalue weighted by atomic mass is 16.5. The summed E-state index contributed by atoms with van der Waals surface area (Å²) in [6.07, 6.45) is -0.605. The maximum Gasteiger partial charge on any atom is 0.261 e. The van der Waals surface area contributed by atoms with Crippen LogP contribution in [0.5, 0.6) is 17.2 Å². The van der Waals surface area contributed by atoms with Gasteiger partial charge in [-0.05, 0) is 47.5 Å². The molecule has 0 aromatic heterocycles. The first-order valence-corrected chi connectivity index (χ1v) is 8.75. The molecule has 3 aromatic carbocycles. The molecule has 0 saturated heterocycles. The van der Waals surface area contributed by atoms with Crippen molar-refractivity contribution < 1.29 is 19.0 Å². The predicted octanol–water partition coefficient (Wildman–Crippen LogP) is 3.94. The lowest BCUT2D eigenvalue weighted by molar-refractivity contribution is -0.127. The van der Waals surface area contributed by atoms with E-state index in [1.807, 2.05) is 60.7 Å². The second-order valence-corrected chi connectivity index (χ2v) is 6.18. The molecule has 0 saturated carbocycles. The molecule has 1 unspecified atom stereocenters. The molecule has 3 aromatic rings. The van der Waals surface area contributed by atoms with Crippen molar-refractivity contribution in [2.24, 2.45) is 0 Å². The lowest BCUT2D eigenvalue weighted by Crippen LogP contribution is -2.35. The first kappa shape index (κ1) is 18.6. The SMILES string of the molecule is COc1ccc(CNC(=O)C(C)Oc2ccc3ccccc3c2)cc1OC. The van der Waals surface area contributed by atoms with E-state index in [2.05, 4.69) is 5.32 Å². The van der Waals surface area contributed by atoms with Gasteiger partial charge in [-0.25, -0.2) is 0 Å². The zero-order chi connectivity index (χ0) is 19.2. The Morgan fingerprint density at radius 2 is 1.67 bits per heavy atom. The third kappa shape index (κ3) is 4.50. The average molecular weight is 365 g/mol. The van der Waals surface area contributed by atoms with E-state index in [4.69, 9.17) is 14.2 Å². The van der Waals surface area contributed by atoms with Gasteiger partial charge >= 0.3 is 0 Å². The van der Waals surface area contributed by atoms with Gasteiger partial charge in [0.05, 0.1) is 14.2 Å². The third-order valence-electron chi connectivity index (χ3n) is 4.32. The summed E-state index contributed by atoms with van der Waals surface area (Å²) in [4.78, 5) is 12.4. The minimum Gasteiger partial charge on any atom is -0.493 e. The monoisotopic (exact) mass is 365 g/mol. The Morgan fingerprint density at radius 3 is 2.41 bits per heavy atom. The smallest absolute Gasteiger partial charge is 0.261 e. The van der Waals surface area contributed by atoms with Crippen molar-refractivity contribution in [2.75, 3.05) is 14.2 Å². The van der Waals surface area contributed by atoms with Gasteiger partial charge in [-0.3, -0.25) is 4.79 Å². The van der Waals surface area contributed by atoms with E-state index in [0.29, 0.717) is 23.8 Å². The number of hydrogen-bond acceptors (Lipinski definition) is 4. The first-order valence-electron chi connectivity index (χ1n) is 8.75. The zero-order valence-electron chi connectivity index (χ0n) is 15.7. The molecule has 0 heterocycles. The van der Waals surface area contributed by atoms with Crippen LogP contribution in [0.1, 0.15) is 12.5 Å². The van der Waals surface area contributed by atoms with Crippen molar-refractivity contribution >= 4 is 16.7 Å². The highest BCUT2D eigenvalue weighted by molar-refractivity contribution is 5.84. The summed E-state index contributed by atoms with van der Waals surface area (Å²) in [5.74, 6) is 1.77. The highest BCUT2D eigenvalue weighted by Crippen LogP contribution is 2.27. The molecular formula is C22H23NO4. The second kappa shape index (κ2) is 8.45. The summed E-state index contributed by atoms with van der Waals surface area (Å²) in [6, 6.07) is 19.4. The van der Waals surface area contributed by atoms with Gasteiger partial charge in [-0.15, -0.1) is 0 Å². The number of rotatable bonds is 7. The fraction of sp³-hybridized carbons (Fsp3) is 0.227. The van der Waals surface area contributed by atoms with Crippen LogP contribution in [0.3, 0.4) is 0 Å². The molecule has 0 bridgehead atoms. The number of carbonyl (C=O) groups is 1. The van der Waals surface area contributed by atoms with E-state index in [-0.39, 0.29) is 5.91 Å². The van der Waals surface area contributed by atoms with Crippen LogP contribution in [0.4, 0.5) is 0 Å². The van der Waals surface area contributed by atoms with Crippen LogP contribution in [0.25, 0.3) is 10.8 Å². The molecule has 3 rings (SSSR count). The third-order valence-corrected chi connectivity index (χ3v) is 4.32.